The molecule has 0 saturated heterocycles. The summed E-state index contributed by atoms with van der Waals surface area (Å²) >= 11 is 0. The topological polar surface area (TPSA) is 29.5 Å². The van der Waals surface area contributed by atoms with Gasteiger partial charge in [0.05, 0.1) is 18.1 Å². The van der Waals surface area contributed by atoms with E-state index in [2.05, 4.69) is 0 Å². The van der Waals surface area contributed by atoms with E-state index in [1.807, 2.05) is 43.3 Å². The van der Waals surface area contributed by atoms with Crippen molar-refractivity contribution in [2.45, 2.75) is 0 Å². The Bertz CT molecular complexity index is 374. The molecule has 1 heterocycles. The van der Waals surface area contributed by atoms with Gasteiger partial charge in [0.15, 0.2) is 5.78 Å². The second-order valence-electron chi connectivity index (χ2n) is 4.13. The Morgan fingerprint density at radius 2 is 2.13 bits per heavy atom. The molecule has 0 saturated carbocycles. The van der Waals surface area contributed by atoms with Crippen LogP contribution in [0, 0.1) is 5.92 Å². The minimum atomic E-state index is -0.0325. The molecule has 0 amide bonds. The van der Waals surface area contributed by atoms with Gasteiger partial charge in [0.25, 0.3) is 0 Å². The van der Waals surface area contributed by atoms with E-state index in [0.717, 1.165) is 17.9 Å². The maximum absolute atomic E-state index is 12.0. The molecule has 3 heteroatoms. The Kier molecular flexibility index (Phi) is 2.73. The highest BCUT2D eigenvalue weighted by molar-refractivity contribution is 6.01. The Labute approximate surface area is 89.7 Å². The summed E-state index contributed by atoms with van der Waals surface area (Å²) in [6.45, 7) is 1.24. The number of Topliss-reactive ketones (excluding diaryl/α,β-unsaturated/α-hetero) is 1. The van der Waals surface area contributed by atoms with Gasteiger partial charge in [-0.3, -0.25) is 4.79 Å². The predicted molar refractivity (Wildman–Crippen MR) is 58.3 cm³/mol. The van der Waals surface area contributed by atoms with Gasteiger partial charge in [0, 0.05) is 6.54 Å². The van der Waals surface area contributed by atoms with Crippen LogP contribution >= 0.6 is 0 Å². The van der Waals surface area contributed by atoms with Crippen LogP contribution in [0.1, 0.15) is 10.4 Å². The first-order valence-electron chi connectivity index (χ1n) is 5.09. The summed E-state index contributed by atoms with van der Waals surface area (Å²) in [5, 5.41) is 0. The third kappa shape index (κ3) is 2.02. The Hall–Kier alpha value is -1.35. The number of ether oxygens (including phenoxy) is 1. The molecule has 1 aliphatic heterocycles. The lowest BCUT2D eigenvalue weighted by Crippen LogP contribution is -2.35. The zero-order valence-electron chi connectivity index (χ0n) is 9.06. The number of ketones is 1. The third-order valence-corrected chi connectivity index (χ3v) is 2.55. The van der Waals surface area contributed by atoms with Crippen molar-refractivity contribution in [3.05, 3.63) is 29.8 Å². The zero-order chi connectivity index (χ0) is 10.8. The van der Waals surface area contributed by atoms with E-state index in [0.29, 0.717) is 6.61 Å². The van der Waals surface area contributed by atoms with E-state index in [-0.39, 0.29) is 11.7 Å². The lowest BCUT2D eigenvalue weighted by atomic mass is 9.95. The standard InChI is InChI=1S/C12H15NO2/c1-13(2)7-9-8-15-11-6-4-3-5-10(11)12(9)14/h3-6,9H,7-8H2,1-2H3/t9-/m1/s1. The average Bonchev–Trinajstić information content (AvgIpc) is 2.22. The smallest absolute Gasteiger partial charge is 0.174 e. The average molecular weight is 205 g/mol. The minimum absolute atomic E-state index is 0.0325. The molecule has 0 bridgehead atoms. The molecule has 2 rings (SSSR count). The van der Waals surface area contributed by atoms with Crippen LogP contribution in [0.2, 0.25) is 0 Å². The second kappa shape index (κ2) is 4.03. The van der Waals surface area contributed by atoms with Crippen molar-refractivity contribution in [1.29, 1.82) is 0 Å². The molecule has 3 nitrogen and oxygen atoms in total. The van der Waals surface area contributed by atoms with Crippen LogP contribution in [-0.2, 0) is 0 Å². The molecule has 0 spiro atoms. The largest absolute Gasteiger partial charge is 0.492 e. The van der Waals surface area contributed by atoms with E-state index >= 15 is 0 Å². The van der Waals surface area contributed by atoms with Crippen LogP contribution < -0.4 is 4.74 Å². The Balaban J connectivity index is 2.22. The molecule has 15 heavy (non-hydrogen) atoms. The molecule has 0 N–H and O–H groups in total. The van der Waals surface area contributed by atoms with Gasteiger partial charge in [-0.25, -0.2) is 0 Å². The molecule has 0 fully saturated rings. The number of nitrogens with zero attached hydrogens (tertiary/aromatic N) is 1. The fraction of sp³-hybridized carbons (Fsp3) is 0.417. The summed E-state index contributed by atoms with van der Waals surface area (Å²) in [6.07, 6.45) is 0. The summed E-state index contributed by atoms with van der Waals surface area (Å²) in [5.74, 6) is 0.887. The van der Waals surface area contributed by atoms with Crippen molar-refractivity contribution in [2.24, 2.45) is 5.92 Å². The normalized spacial score (nSPS) is 19.9. The van der Waals surface area contributed by atoms with Crippen molar-refractivity contribution in [3.63, 3.8) is 0 Å². The number of fused-ring (bicyclic) bond motifs is 1. The van der Waals surface area contributed by atoms with Gasteiger partial charge < -0.3 is 9.64 Å². The van der Waals surface area contributed by atoms with Crippen LogP contribution in [-0.4, -0.2) is 37.9 Å². The molecule has 0 aliphatic carbocycles. The lowest BCUT2D eigenvalue weighted by molar-refractivity contribution is 0.0796. The molecular weight excluding hydrogens is 190 g/mol. The van der Waals surface area contributed by atoms with Gasteiger partial charge in [-0.05, 0) is 26.2 Å². The number of carbonyl (C=O) groups is 1. The molecule has 1 aromatic carbocycles. The number of benzene rings is 1. The molecule has 1 aromatic rings. The van der Waals surface area contributed by atoms with Gasteiger partial charge in [0.2, 0.25) is 0 Å². The molecule has 0 radical (unpaired) electrons. The number of hydrogen-bond donors (Lipinski definition) is 0. The fourth-order valence-electron chi connectivity index (χ4n) is 1.86. The van der Waals surface area contributed by atoms with Gasteiger partial charge in [0.1, 0.15) is 5.75 Å². The summed E-state index contributed by atoms with van der Waals surface area (Å²) in [7, 11) is 3.93. The Morgan fingerprint density at radius 1 is 1.40 bits per heavy atom. The van der Waals surface area contributed by atoms with Gasteiger partial charge >= 0.3 is 0 Å². The number of rotatable bonds is 2. The minimum Gasteiger partial charge on any atom is -0.492 e. The monoisotopic (exact) mass is 205 g/mol. The second-order valence-corrected chi connectivity index (χ2v) is 4.13. The number of para-hydroxylation sites is 1. The van der Waals surface area contributed by atoms with Crippen LogP contribution in [0.25, 0.3) is 0 Å². The predicted octanol–water partition coefficient (Wildman–Crippen LogP) is 1.44. The van der Waals surface area contributed by atoms with Gasteiger partial charge in [-0.2, -0.15) is 0 Å². The first-order chi connectivity index (χ1) is 7.18. The summed E-state index contributed by atoms with van der Waals surface area (Å²) in [5.41, 5.74) is 0.718. The SMILES string of the molecule is CN(C)C[C@@H]1COc2ccccc2C1=O. The van der Waals surface area contributed by atoms with Crippen LogP contribution in [0.15, 0.2) is 24.3 Å². The van der Waals surface area contributed by atoms with Crippen molar-refractivity contribution in [2.75, 3.05) is 27.2 Å². The lowest BCUT2D eigenvalue weighted by Gasteiger charge is -2.26. The molecule has 0 unspecified atom stereocenters. The van der Waals surface area contributed by atoms with E-state index < -0.39 is 0 Å². The first kappa shape index (κ1) is 10.2. The van der Waals surface area contributed by atoms with E-state index in [1.54, 1.807) is 0 Å². The quantitative estimate of drug-likeness (QED) is 0.731. The summed E-state index contributed by atoms with van der Waals surface area (Å²) in [6, 6.07) is 7.44. The highest BCUT2D eigenvalue weighted by Crippen LogP contribution is 2.26. The molecular formula is C12H15NO2. The molecule has 80 valence electrons. The Morgan fingerprint density at radius 3 is 2.87 bits per heavy atom. The number of carbonyl (C=O) groups excluding carboxylic acids is 1. The maximum Gasteiger partial charge on any atom is 0.174 e. The first-order valence-corrected chi connectivity index (χ1v) is 5.09. The van der Waals surface area contributed by atoms with Crippen LogP contribution in [0.4, 0.5) is 0 Å². The van der Waals surface area contributed by atoms with Crippen molar-refractivity contribution in [3.8, 4) is 5.75 Å². The van der Waals surface area contributed by atoms with Gasteiger partial charge in [-0.1, -0.05) is 12.1 Å². The van der Waals surface area contributed by atoms with E-state index in [1.165, 1.54) is 0 Å². The van der Waals surface area contributed by atoms with Crippen molar-refractivity contribution in [1.82, 2.24) is 4.90 Å². The molecule has 1 atom stereocenters. The maximum atomic E-state index is 12.0. The summed E-state index contributed by atoms with van der Waals surface area (Å²) in [4.78, 5) is 14.1. The van der Waals surface area contributed by atoms with Crippen molar-refractivity contribution < 1.29 is 9.53 Å². The third-order valence-electron chi connectivity index (χ3n) is 2.55. The zero-order valence-corrected chi connectivity index (χ0v) is 9.06. The highest BCUT2D eigenvalue weighted by atomic mass is 16.5. The number of hydrogen-bond acceptors (Lipinski definition) is 3. The van der Waals surface area contributed by atoms with Gasteiger partial charge in [-0.15, -0.1) is 0 Å². The highest BCUT2D eigenvalue weighted by Gasteiger charge is 2.28. The van der Waals surface area contributed by atoms with E-state index in [4.69, 9.17) is 4.74 Å². The molecule has 1 aliphatic rings. The fourth-order valence-corrected chi connectivity index (χ4v) is 1.86. The molecule has 0 aromatic heterocycles. The van der Waals surface area contributed by atoms with Crippen molar-refractivity contribution >= 4 is 5.78 Å². The van der Waals surface area contributed by atoms with E-state index in [9.17, 15) is 4.79 Å². The summed E-state index contributed by atoms with van der Waals surface area (Å²) < 4.78 is 5.56. The van der Waals surface area contributed by atoms with Crippen LogP contribution in [0.3, 0.4) is 0 Å². The van der Waals surface area contributed by atoms with Crippen LogP contribution in [0.5, 0.6) is 5.75 Å².